The molecular weight excluding hydrogens is 312 g/mol. The van der Waals surface area contributed by atoms with E-state index >= 15 is 0 Å². The van der Waals surface area contributed by atoms with Crippen LogP contribution in [0, 0.1) is 0 Å². The summed E-state index contributed by atoms with van der Waals surface area (Å²) >= 11 is 0. The van der Waals surface area contributed by atoms with Crippen molar-refractivity contribution in [3.05, 3.63) is 12.2 Å². The Morgan fingerprint density at radius 1 is 0.800 bits per heavy atom. The van der Waals surface area contributed by atoms with Crippen LogP contribution in [0.1, 0.15) is 117 Å². The number of carbonyl (C=O) groups is 1. The van der Waals surface area contributed by atoms with E-state index in [1.54, 1.807) is 0 Å². The monoisotopic (exact) mass is 354 g/mol. The Hall–Kier alpha value is -0.830. The van der Waals surface area contributed by atoms with Gasteiger partial charge in [-0.3, -0.25) is 4.79 Å². The van der Waals surface area contributed by atoms with Crippen molar-refractivity contribution in [2.75, 3.05) is 0 Å². The van der Waals surface area contributed by atoms with Gasteiger partial charge in [-0.25, -0.2) is 0 Å². The predicted octanol–water partition coefficient (Wildman–Crippen LogP) is 6.69. The van der Waals surface area contributed by atoms with Gasteiger partial charge in [-0.05, 0) is 32.1 Å². The molecule has 0 aromatic heterocycles. The molecule has 0 amide bonds. The number of rotatable bonds is 18. The molecular formula is C22H42O3. The summed E-state index contributed by atoms with van der Waals surface area (Å²) in [6.07, 6.45) is 21.8. The first kappa shape index (κ1) is 24.2. The maximum Gasteiger partial charge on any atom is 0.308 e. The molecule has 1 atom stereocenters. The molecule has 25 heavy (non-hydrogen) atoms. The molecule has 0 saturated carbocycles. The summed E-state index contributed by atoms with van der Waals surface area (Å²) in [5, 5.41) is 9.40. The highest BCUT2D eigenvalue weighted by molar-refractivity contribution is 5.69. The van der Waals surface area contributed by atoms with Gasteiger partial charge >= 0.3 is 5.97 Å². The summed E-state index contributed by atoms with van der Waals surface area (Å²) in [4.78, 5) is 11.5. The van der Waals surface area contributed by atoms with Gasteiger partial charge in [0, 0.05) is 12.8 Å². The fraction of sp³-hybridized carbons (Fsp3) is 0.864. The van der Waals surface area contributed by atoms with Crippen LogP contribution in [-0.4, -0.2) is 17.4 Å². The molecule has 3 heteroatoms. The zero-order valence-electron chi connectivity index (χ0n) is 16.8. The average Bonchev–Trinajstić information content (AvgIpc) is 2.58. The lowest BCUT2D eigenvalue weighted by Crippen LogP contribution is -2.16. The summed E-state index contributed by atoms with van der Waals surface area (Å²) in [6, 6.07) is 0. The third-order valence-corrected chi connectivity index (χ3v) is 4.45. The number of unbranched alkanes of at least 4 members (excludes halogenated alkanes) is 11. The average molecular weight is 355 g/mol. The molecule has 0 rings (SSSR count). The summed E-state index contributed by atoms with van der Waals surface area (Å²) in [6.45, 7) is 4.22. The Labute approximate surface area is 156 Å². The second-order valence-electron chi connectivity index (χ2n) is 7.07. The number of ether oxygens (including phenoxy) is 1. The van der Waals surface area contributed by atoms with Gasteiger partial charge in [-0.2, -0.15) is 0 Å². The molecule has 148 valence electrons. The lowest BCUT2D eigenvalue weighted by molar-refractivity contribution is -0.168. The van der Waals surface area contributed by atoms with Crippen LogP contribution in [0.2, 0.25) is 0 Å². The molecule has 1 unspecified atom stereocenters. The predicted molar refractivity (Wildman–Crippen MR) is 106 cm³/mol. The van der Waals surface area contributed by atoms with Crippen LogP contribution in [0.25, 0.3) is 0 Å². The Kier molecular flexibility index (Phi) is 18.8. The van der Waals surface area contributed by atoms with Gasteiger partial charge in [0.1, 0.15) is 0 Å². The fourth-order valence-corrected chi connectivity index (χ4v) is 2.86. The van der Waals surface area contributed by atoms with Crippen LogP contribution in [-0.2, 0) is 9.53 Å². The van der Waals surface area contributed by atoms with Gasteiger partial charge in [0.15, 0.2) is 0 Å². The lowest BCUT2D eigenvalue weighted by atomic mass is 10.1. The zero-order valence-corrected chi connectivity index (χ0v) is 16.8. The first-order valence-electron chi connectivity index (χ1n) is 10.7. The van der Waals surface area contributed by atoms with E-state index in [-0.39, 0.29) is 5.97 Å². The first-order chi connectivity index (χ1) is 12.2. The zero-order chi connectivity index (χ0) is 18.6. The van der Waals surface area contributed by atoms with Crippen molar-refractivity contribution < 1.29 is 14.6 Å². The Morgan fingerprint density at radius 3 is 1.88 bits per heavy atom. The summed E-state index contributed by atoms with van der Waals surface area (Å²) < 4.78 is 4.92. The first-order valence-corrected chi connectivity index (χ1v) is 10.7. The van der Waals surface area contributed by atoms with E-state index in [1.807, 2.05) is 6.92 Å². The van der Waals surface area contributed by atoms with E-state index in [9.17, 15) is 9.90 Å². The van der Waals surface area contributed by atoms with Crippen molar-refractivity contribution in [2.45, 2.75) is 123 Å². The van der Waals surface area contributed by atoms with Crippen LogP contribution in [0.3, 0.4) is 0 Å². The van der Waals surface area contributed by atoms with Gasteiger partial charge < -0.3 is 9.84 Å². The largest absolute Gasteiger partial charge is 0.436 e. The van der Waals surface area contributed by atoms with Crippen molar-refractivity contribution in [2.24, 2.45) is 0 Å². The molecule has 0 spiro atoms. The third-order valence-electron chi connectivity index (χ3n) is 4.45. The van der Waals surface area contributed by atoms with Crippen LogP contribution in [0.15, 0.2) is 12.2 Å². The van der Waals surface area contributed by atoms with Crippen molar-refractivity contribution in [1.29, 1.82) is 0 Å². The molecule has 0 heterocycles. The van der Waals surface area contributed by atoms with Crippen molar-refractivity contribution in [1.82, 2.24) is 0 Å². The SMILES string of the molecule is CCCCCCCCC=CCCCCCCCC(=O)OC(O)CCC. The number of hydrogen-bond donors (Lipinski definition) is 1. The minimum absolute atomic E-state index is 0.265. The second kappa shape index (κ2) is 19.5. The molecule has 0 radical (unpaired) electrons. The quantitative estimate of drug-likeness (QED) is 0.129. The summed E-state index contributed by atoms with van der Waals surface area (Å²) in [5.74, 6) is -0.265. The molecule has 0 aliphatic carbocycles. The normalized spacial score (nSPS) is 12.6. The van der Waals surface area contributed by atoms with Crippen molar-refractivity contribution in [3.8, 4) is 0 Å². The number of carbonyl (C=O) groups excluding carboxylic acids is 1. The number of esters is 1. The maximum absolute atomic E-state index is 11.5. The topological polar surface area (TPSA) is 46.5 Å². The number of hydrogen-bond acceptors (Lipinski definition) is 3. The highest BCUT2D eigenvalue weighted by Gasteiger charge is 2.09. The van der Waals surface area contributed by atoms with Gasteiger partial charge in [-0.15, -0.1) is 0 Å². The van der Waals surface area contributed by atoms with Gasteiger partial charge in [0.2, 0.25) is 6.29 Å². The molecule has 0 aromatic carbocycles. The van der Waals surface area contributed by atoms with Crippen LogP contribution in [0.4, 0.5) is 0 Å². The molecule has 0 fully saturated rings. The van der Waals surface area contributed by atoms with Crippen LogP contribution >= 0.6 is 0 Å². The summed E-state index contributed by atoms with van der Waals surface area (Å²) in [5.41, 5.74) is 0. The van der Waals surface area contributed by atoms with Crippen LogP contribution in [0.5, 0.6) is 0 Å². The number of aliphatic hydroxyl groups is 1. The molecule has 1 N–H and O–H groups in total. The van der Waals surface area contributed by atoms with E-state index in [4.69, 9.17) is 4.74 Å². The van der Waals surface area contributed by atoms with E-state index < -0.39 is 6.29 Å². The Morgan fingerprint density at radius 2 is 1.32 bits per heavy atom. The fourth-order valence-electron chi connectivity index (χ4n) is 2.86. The smallest absolute Gasteiger partial charge is 0.308 e. The third kappa shape index (κ3) is 19.3. The maximum atomic E-state index is 11.5. The Balaban J connectivity index is 3.25. The second-order valence-corrected chi connectivity index (χ2v) is 7.07. The van der Waals surface area contributed by atoms with Gasteiger partial charge in [0.05, 0.1) is 0 Å². The number of aliphatic hydroxyl groups excluding tert-OH is 1. The minimum Gasteiger partial charge on any atom is -0.436 e. The van der Waals surface area contributed by atoms with Crippen LogP contribution < -0.4 is 0 Å². The minimum atomic E-state index is -0.916. The molecule has 0 aromatic rings. The van der Waals surface area contributed by atoms with E-state index in [1.165, 1.54) is 70.6 Å². The molecule has 0 aliphatic heterocycles. The van der Waals surface area contributed by atoms with Gasteiger partial charge in [0.25, 0.3) is 0 Å². The lowest BCUT2D eigenvalue weighted by Gasteiger charge is -2.10. The van der Waals surface area contributed by atoms with E-state index in [0.717, 1.165) is 19.3 Å². The van der Waals surface area contributed by atoms with E-state index in [0.29, 0.717) is 12.8 Å². The van der Waals surface area contributed by atoms with Crippen molar-refractivity contribution >= 4 is 5.97 Å². The molecule has 0 bridgehead atoms. The standard InChI is InChI=1S/C22H42O3/c1-3-5-6-7-8-9-10-11-12-13-14-15-16-17-18-20-22(24)25-21(23)19-4-2/h11-12,21,23H,3-10,13-20H2,1-2H3. The van der Waals surface area contributed by atoms with E-state index in [2.05, 4.69) is 19.1 Å². The highest BCUT2D eigenvalue weighted by atomic mass is 16.6. The van der Waals surface area contributed by atoms with Gasteiger partial charge in [-0.1, -0.05) is 83.8 Å². The van der Waals surface area contributed by atoms with Crippen molar-refractivity contribution in [3.63, 3.8) is 0 Å². The molecule has 3 nitrogen and oxygen atoms in total. The number of allylic oxidation sites excluding steroid dienone is 2. The molecule has 0 aliphatic rings. The summed E-state index contributed by atoms with van der Waals surface area (Å²) in [7, 11) is 0. The molecule has 0 saturated heterocycles. The highest BCUT2D eigenvalue weighted by Crippen LogP contribution is 2.10. The Bertz CT molecular complexity index is 312.